The number of hydrogen-bond acceptors (Lipinski definition) is 9. The smallest absolute Gasteiger partial charge is 0.217 e. The summed E-state index contributed by atoms with van der Waals surface area (Å²) in [5.41, 5.74) is 0. The molecule has 28 heavy (non-hydrogen) atoms. The molecule has 0 fully saturated rings. The maximum absolute atomic E-state index is 5.45. The molecular formula is C16H24N9P3. The zero-order valence-corrected chi connectivity index (χ0v) is 18.3. The Kier molecular flexibility index (Phi) is 10.4. The fourth-order valence-electron chi connectivity index (χ4n) is 1.99. The molecule has 0 aliphatic carbocycles. The molecule has 1 rings (SSSR count). The van der Waals surface area contributed by atoms with Crippen LogP contribution in [0, 0.1) is 61.7 Å². The van der Waals surface area contributed by atoms with Gasteiger partial charge in [0, 0.05) is 0 Å². The van der Waals surface area contributed by atoms with Gasteiger partial charge < -0.3 is 0 Å². The lowest BCUT2D eigenvalue weighted by Crippen LogP contribution is -2.30. The van der Waals surface area contributed by atoms with Crippen molar-refractivity contribution >= 4 is 22.5 Å². The van der Waals surface area contributed by atoms with Gasteiger partial charge in [-0.2, -0.15) is 13.5 Å². The van der Waals surface area contributed by atoms with Crippen molar-refractivity contribution in [2.45, 2.75) is 0 Å². The maximum Gasteiger partial charge on any atom is 0.217 e. The Morgan fingerprint density at radius 1 is 0.536 bits per heavy atom. The van der Waals surface area contributed by atoms with E-state index in [0.717, 1.165) is 0 Å². The molecule has 0 spiro atoms. The van der Waals surface area contributed by atoms with Crippen LogP contribution < -0.4 is 30.5 Å². The molecular weight excluding hydrogens is 411 g/mol. The van der Waals surface area contributed by atoms with Gasteiger partial charge in [0.15, 0.2) is 0 Å². The minimum atomic E-state index is -2.79. The van der Waals surface area contributed by atoms with E-state index >= 15 is 0 Å². The normalized spacial score (nSPS) is 21.1. The Balaban J connectivity index is 3.78. The van der Waals surface area contributed by atoms with Crippen molar-refractivity contribution in [3.63, 3.8) is 0 Å². The molecule has 1 aliphatic heterocycles. The first-order valence-corrected chi connectivity index (χ1v) is 13.1. The minimum absolute atomic E-state index is 0.224. The Morgan fingerprint density at radius 3 is 1.07 bits per heavy atom. The summed E-state index contributed by atoms with van der Waals surface area (Å²) in [7, 11) is -6.54. The Bertz CT molecular complexity index is 847. The molecule has 0 bridgehead atoms. The van der Waals surface area contributed by atoms with E-state index in [-0.39, 0.29) is 32.7 Å². The van der Waals surface area contributed by atoms with Crippen molar-refractivity contribution in [1.29, 1.82) is 0 Å². The highest BCUT2D eigenvalue weighted by atomic mass is 31.3. The summed E-state index contributed by atoms with van der Waals surface area (Å²) in [6.45, 7) is 1.14. The van der Waals surface area contributed by atoms with Gasteiger partial charge in [-0.3, -0.25) is 5.09 Å². The standard InChI is InChI=1S/C16H24N9P3/c1-7-12-18-26(17-6)23-27(19-13-8-2,20-14-9-3)25-28(24-26,21-15-10-4)22-16-11-5/h1-5,17-22H,12-16H2,6H3. The van der Waals surface area contributed by atoms with Crippen molar-refractivity contribution in [3.05, 3.63) is 0 Å². The van der Waals surface area contributed by atoms with Crippen LogP contribution in [-0.4, -0.2) is 39.8 Å². The molecule has 0 saturated carbocycles. The molecule has 0 aromatic carbocycles. The van der Waals surface area contributed by atoms with Gasteiger partial charge in [-0.15, -0.1) is 32.1 Å². The van der Waals surface area contributed by atoms with Crippen LogP contribution in [0.1, 0.15) is 0 Å². The number of terminal acetylenes is 5. The second kappa shape index (κ2) is 11.9. The lowest BCUT2D eigenvalue weighted by atomic mass is 10.7. The number of nitrogens with zero attached hydrogens (tertiary/aromatic N) is 3. The quantitative estimate of drug-likeness (QED) is 0.215. The molecule has 1 aliphatic rings. The van der Waals surface area contributed by atoms with Crippen molar-refractivity contribution in [2.75, 3.05) is 39.8 Å². The molecule has 6 N–H and O–H groups in total. The summed E-state index contributed by atoms with van der Waals surface area (Å²) in [5.74, 6) is 12.7. The summed E-state index contributed by atoms with van der Waals surface area (Å²) in [6.07, 6.45) is 27.2. The molecule has 0 amide bonds. The predicted octanol–water partition coefficient (Wildman–Crippen LogP) is 1.17. The van der Waals surface area contributed by atoms with Crippen molar-refractivity contribution in [2.24, 2.45) is 13.5 Å². The Hall–Kier alpha value is -1.75. The van der Waals surface area contributed by atoms with E-state index in [2.05, 4.69) is 60.1 Å². The van der Waals surface area contributed by atoms with Gasteiger partial charge in [0.25, 0.3) is 0 Å². The van der Waals surface area contributed by atoms with Crippen LogP contribution in [0.25, 0.3) is 0 Å². The van der Waals surface area contributed by atoms with E-state index in [1.807, 2.05) is 0 Å². The van der Waals surface area contributed by atoms with E-state index in [9.17, 15) is 0 Å². The summed E-state index contributed by atoms with van der Waals surface area (Å²) >= 11 is 0. The van der Waals surface area contributed by atoms with Gasteiger partial charge in [0.2, 0.25) is 22.5 Å². The SMILES string of the molecule is C#CCNP1(NC)=NP(NCC#C)(NCC#C)=NP(NCC#C)(NCC#C)=N1. The molecule has 0 aromatic heterocycles. The van der Waals surface area contributed by atoms with E-state index < -0.39 is 22.5 Å². The predicted molar refractivity (Wildman–Crippen MR) is 121 cm³/mol. The van der Waals surface area contributed by atoms with Crippen LogP contribution in [-0.2, 0) is 0 Å². The van der Waals surface area contributed by atoms with E-state index in [1.54, 1.807) is 7.05 Å². The van der Waals surface area contributed by atoms with Crippen molar-refractivity contribution in [3.8, 4) is 61.7 Å². The second-order valence-electron chi connectivity index (χ2n) is 4.99. The van der Waals surface area contributed by atoms with Crippen molar-refractivity contribution < 1.29 is 0 Å². The molecule has 1 unspecified atom stereocenters. The Labute approximate surface area is 168 Å². The van der Waals surface area contributed by atoms with Crippen LogP contribution in [0.5, 0.6) is 0 Å². The largest absolute Gasteiger partial charge is 0.256 e. The lowest BCUT2D eigenvalue weighted by Gasteiger charge is -2.36. The second-order valence-corrected chi connectivity index (χ2v) is 12.8. The number of rotatable bonds is 11. The Morgan fingerprint density at radius 2 is 0.786 bits per heavy atom. The van der Waals surface area contributed by atoms with Gasteiger partial charge in [-0.05, 0) is 7.05 Å². The highest BCUT2D eigenvalue weighted by Crippen LogP contribution is 2.70. The molecule has 1 heterocycles. The van der Waals surface area contributed by atoms with Crippen LogP contribution in [0.3, 0.4) is 0 Å². The minimum Gasteiger partial charge on any atom is -0.256 e. The number of hydrogen-bond donors (Lipinski definition) is 6. The average molecular weight is 435 g/mol. The molecule has 9 nitrogen and oxygen atoms in total. The van der Waals surface area contributed by atoms with Crippen LogP contribution >= 0.6 is 22.5 Å². The van der Waals surface area contributed by atoms with Gasteiger partial charge in [0.1, 0.15) is 0 Å². The first kappa shape index (κ1) is 24.3. The van der Waals surface area contributed by atoms with Gasteiger partial charge in [0.05, 0.1) is 32.7 Å². The molecule has 12 heteroatoms. The summed E-state index contributed by atoms with van der Waals surface area (Å²) < 4.78 is 14.7. The fraction of sp³-hybridized carbons (Fsp3) is 0.375. The van der Waals surface area contributed by atoms with Crippen LogP contribution in [0.15, 0.2) is 13.5 Å². The fourth-order valence-corrected chi connectivity index (χ4v) is 13.1. The third-order valence-electron chi connectivity index (χ3n) is 3.10. The number of nitrogens with one attached hydrogen (secondary N) is 6. The average Bonchev–Trinajstić information content (AvgIpc) is 2.72. The first-order chi connectivity index (χ1) is 13.5. The molecule has 0 saturated heterocycles. The van der Waals surface area contributed by atoms with Crippen LogP contribution in [0.2, 0.25) is 0 Å². The highest BCUT2D eigenvalue weighted by molar-refractivity contribution is 7.83. The molecule has 1 atom stereocenters. The van der Waals surface area contributed by atoms with E-state index in [1.165, 1.54) is 0 Å². The van der Waals surface area contributed by atoms with Crippen LogP contribution in [0.4, 0.5) is 0 Å². The van der Waals surface area contributed by atoms with Gasteiger partial charge in [-0.1, -0.05) is 29.6 Å². The molecule has 0 radical (unpaired) electrons. The molecule has 0 aromatic rings. The maximum atomic E-state index is 5.45. The van der Waals surface area contributed by atoms with Gasteiger partial charge in [-0.25, -0.2) is 25.4 Å². The summed E-state index contributed by atoms with van der Waals surface area (Å²) in [6, 6.07) is 0. The highest BCUT2D eigenvalue weighted by Gasteiger charge is 2.35. The summed E-state index contributed by atoms with van der Waals surface area (Å²) in [4.78, 5) is 0. The summed E-state index contributed by atoms with van der Waals surface area (Å²) in [5, 5.41) is 19.2. The van der Waals surface area contributed by atoms with Crippen molar-refractivity contribution in [1.82, 2.24) is 30.5 Å². The van der Waals surface area contributed by atoms with E-state index in [0.29, 0.717) is 0 Å². The zero-order valence-electron chi connectivity index (χ0n) is 15.6. The first-order valence-electron chi connectivity index (χ1n) is 8.02. The topological polar surface area (TPSA) is 109 Å². The third-order valence-corrected chi connectivity index (χ3v) is 12.9. The zero-order chi connectivity index (χ0) is 20.9. The molecule has 148 valence electrons. The lowest BCUT2D eigenvalue weighted by molar-refractivity contribution is 0.978. The van der Waals surface area contributed by atoms with E-state index in [4.69, 9.17) is 45.7 Å². The monoisotopic (exact) mass is 435 g/mol. The third kappa shape index (κ3) is 6.69. The van der Waals surface area contributed by atoms with Gasteiger partial charge >= 0.3 is 0 Å².